The summed E-state index contributed by atoms with van der Waals surface area (Å²) in [6, 6.07) is 8.81. The summed E-state index contributed by atoms with van der Waals surface area (Å²) in [5.41, 5.74) is 1.41. The zero-order chi connectivity index (χ0) is 11.3. The second-order valence-electron chi connectivity index (χ2n) is 2.81. The van der Waals surface area contributed by atoms with E-state index in [1.165, 1.54) is 12.1 Å². The van der Waals surface area contributed by atoms with E-state index in [0.29, 0.717) is 22.4 Å². The normalized spacial score (nSPS) is 8.40. The van der Waals surface area contributed by atoms with Gasteiger partial charge in [0, 0.05) is 0 Å². The molecule has 0 N–H and O–H groups in total. The highest BCUT2D eigenvalue weighted by atomic mass is 16.5. The zero-order valence-electron chi connectivity index (χ0n) is 8.11. The molecule has 0 aliphatic rings. The summed E-state index contributed by atoms with van der Waals surface area (Å²) in [4.78, 5) is 0. The van der Waals surface area contributed by atoms with E-state index in [1.54, 1.807) is 6.92 Å². The Balaban J connectivity index is 3.19. The molecule has 0 aliphatic carbocycles. The molecular formula is C11H7N3O. The summed E-state index contributed by atoms with van der Waals surface area (Å²) in [6.45, 7) is 1.60. The minimum Gasteiger partial charge on any atom is -0.479 e. The first-order chi connectivity index (χ1) is 7.22. The van der Waals surface area contributed by atoms with Gasteiger partial charge in [0.25, 0.3) is 0 Å². The topological polar surface area (TPSA) is 80.6 Å². The molecular weight excluding hydrogens is 190 g/mol. The Hall–Kier alpha value is -2.51. The summed E-state index contributed by atoms with van der Waals surface area (Å²) in [5.74, 6) is 0.371. The van der Waals surface area contributed by atoms with E-state index in [0.717, 1.165) is 0 Å². The third kappa shape index (κ3) is 2.24. The molecule has 0 fully saturated rings. The smallest absolute Gasteiger partial charge is 0.174 e. The Kier molecular flexibility index (Phi) is 3.28. The van der Waals surface area contributed by atoms with Gasteiger partial charge < -0.3 is 4.74 Å². The van der Waals surface area contributed by atoms with Crippen molar-refractivity contribution in [3.05, 3.63) is 28.8 Å². The molecule has 1 aromatic rings. The van der Waals surface area contributed by atoms with E-state index >= 15 is 0 Å². The highest BCUT2D eigenvalue weighted by molar-refractivity contribution is 5.52. The fraction of sp³-hybridized carbons (Fsp3) is 0.182. The molecule has 1 rings (SSSR count). The van der Waals surface area contributed by atoms with Crippen LogP contribution >= 0.6 is 0 Å². The van der Waals surface area contributed by atoms with Crippen LogP contribution in [-0.2, 0) is 0 Å². The Morgan fingerprint density at radius 1 is 1.13 bits per heavy atom. The Labute approximate surface area is 87.5 Å². The molecule has 4 nitrogen and oxygen atoms in total. The molecule has 0 atom stereocenters. The third-order valence-corrected chi connectivity index (χ3v) is 1.93. The van der Waals surface area contributed by atoms with Crippen molar-refractivity contribution >= 4 is 0 Å². The molecule has 0 bridgehead atoms. The molecule has 0 spiro atoms. The number of rotatable bonds is 2. The van der Waals surface area contributed by atoms with Crippen LogP contribution in [0.15, 0.2) is 12.1 Å². The van der Waals surface area contributed by atoms with Crippen LogP contribution in [0.5, 0.6) is 5.75 Å². The van der Waals surface area contributed by atoms with Gasteiger partial charge in [0.1, 0.15) is 11.8 Å². The van der Waals surface area contributed by atoms with Crippen LogP contribution in [0.4, 0.5) is 0 Å². The minimum atomic E-state index is -0.0984. The van der Waals surface area contributed by atoms with E-state index in [-0.39, 0.29) is 6.61 Å². The first-order valence-corrected chi connectivity index (χ1v) is 4.17. The lowest BCUT2D eigenvalue weighted by Gasteiger charge is -2.05. The Bertz CT molecular complexity index is 465. The second kappa shape index (κ2) is 4.65. The minimum absolute atomic E-state index is 0.0984. The molecule has 0 aliphatic heterocycles. The van der Waals surface area contributed by atoms with Gasteiger partial charge in [0.15, 0.2) is 6.61 Å². The second-order valence-corrected chi connectivity index (χ2v) is 2.81. The van der Waals surface area contributed by atoms with Crippen LogP contribution in [0.1, 0.15) is 16.7 Å². The molecule has 15 heavy (non-hydrogen) atoms. The molecule has 0 radical (unpaired) electrons. The van der Waals surface area contributed by atoms with E-state index in [9.17, 15) is 0 Å². The molecule has 1 aromatic carbocycles. The lowest BCUT2D eigenvalue weighted by atomic mass is 10.0. The first kappa shape index (κ1) is 10.6. The van der Waals surface area contributed by atoms with Crippen molar-refractivity contribution < 1.29 is 4.74 Å². The fourth-order valence-corrected chi connectivity index (χ4v) is 1.12. The lowest BCUT2D eigenvalue weighted by Crippen LogP contribution is -1.96. The van der Waals surface area contributed by atoms with Gasteiger partial charge in [-0.1, -0.05) is 0 Å². The number of hydrogen-bond acceptors (Lipinski definition) is 4. The summed E-state index contributed by atoms with van der Waals surface area (Å²) >= 11 is 0. The standard InChI is InChI=1S/C11H7N3O/c1-8-9(6-13)4-11(15-3-2-12)5-10(8)7-14/h4-5H,3H2,1H3. The van der Waals surface area contributed by atoms with Crippen LogP contribution < -0.4 is 4.74 Å². The van der Waals surface area contributed by atoms with Crippen LogP contribution in [-0.4, -0.2) is 6.61 Å². The van der Waals surface area contributed by atoms with Crippen molar-refractivity contribution in [3.63, 3.8) is 0 Å². The van der Waals surface area contributed by atoms with Crippen LogP contribution in [0.25, 0.3) is 0 Å². The number of nitriles is 3. The average molecular weight is 197 g/mol. The quantitative estimate of drug-likeness (QED) is 0.721. The molecule has 0 unspecified atom stereocenters. The van der Waals surface area contributed by atoms with E-state index in [2.05, 4.69) is 0 Å². The van der Waals surface area contributed by atoms with Gasteiger partial charge in [-0.25, -0.2) is 0 Å². The van der Waals surface area contributed by atoms with Crippen LogP contribution in [0, 0.1) is 40.9 Å². The predicted octanol–water partition coefficient (Wildman–Crippen LogP) is 1.64. The molecule has 4 heteroatoms. The fourth-order valence-electron chi connectivity index (χ4n) is 1.12. The van der Waals surface area contributed by atoms with Crippen molar-refractivity contribution in [1.29, 1.82) is 15.8 Å². The number of ether oxygens (including phenoxy) is 1. The van der Waals surface area contributed by atoms with Crippen molar-refractivity contribution in [2.24, 2.45) is 0 Å². The highest BCUT2D eigenvalue weighted by Gasteiger charge is 2.07. The van der Waals surface area contributed by atoms with E-state index in [1.807, 2.05) is 18.2 Å². The SMILES string of the molecule is Cc1c(C#N)cc(OCC#N)cc1C#N. The highest BCUT2D eigenvalue weighted by Crippen LogP contribution is 2.21. The molecule has 0 saturated heterocycles. The van der Waals surface area contributed by atoms with Crippen molar-refractivity contribution in [3.8, 4) is 24.0 Å². The number of hydrogen-bond donors (Lipinski definition) is 0. The first-order valence-electron chi connectivity index (χ1n) is 4.17. The van der Waals surface area contributed by atoms with Gasteiger partial charge in [-0.3, -0.25) is 0 Å². The van der Waals surface area contributed by atoms with Gasteiger partial charge >= 0.3 is 0 Å². The summed E-state index contributed by atoms with van der Waals surface area (Å²) < 4.78 is 5.03. The summed E-state index contributed by atoms with van der Waals surface area (Å²) in [6.07, 6.45) is 0. The molecule has 0 heterocycles. The number of nitrogens with zero attached hydrogens (tertiary/aromatic N) is 3. The summed E-state index contributed by atoms with van der Waals surface area (Å²) in [7, 11) is 0. The third-order valence-electron chi connectivity index (χ3n) is 1.93. The maximum Gasteiger partial charge on any atom is 0.174 e. The van der Waals surface area contributed by atoms with E-state index in [4.69, 9.17) is 20.5 Å². The lowest BCUT2D eigenvalue weighted by molar-refractivity contribution is 0.368. The van der Waals surface area contributed by atoms with Crippen LogP contribution in [0.2, 0.25) is 0 Å². The molecule has 0 aromatic heterocycles. The maximum absolute atomic E-state index is 8.81. The van der Waals surface area contributed by atoms with Crippen molar-refractivity contribution in [1.82, 2.24) is 0 Å². The van der Waals surface area contributed by atoms with E-state index < -0.39 is 0 Å². The largest absolute Gasteiger partial charge is 0.479 e. The number of benzene rings is 1. The van der Waals surface area contributed by atoms with Gasteiger partial charge in [-0.2, -0.15) is 15.8 Å². The average Bonchev–Trinajstić information content (AvgIpc) is 2.27. The van der Waals surface area contributed by atoms with Crippen molar-refractivity contribution in [2.45, 2.75) is 6.92 Å². The summed E-state index contributed by atoms with van der Waals surface area (Å²) in [5, 5.41) is 25.9. The predicted molar refractivity (Wildman–Crippen MR) is 51.7 cm³/mol. The zero-order valence-corrected chi connectivity index (χ0v) is 8.11. The molecule has 0 amide bonds. The monoisotopic (exact) mass is 197 g/mol. The van der Waals surface area contributed by atoms with Crippen molar-refractivity contribution in [2.75, 3.05) is 6.61 Å². The Morgan fingerprint density at radius 2 is 1.67 bits per heavy atom. The molecule has 0 saturated carbocycles. The van der Waals surface area contributed by atoms with Gasteiger partial charge in [0.05, 0.1) is 23.3 Å². The maximum atomic E-state index is 8.81. The van der Waals surface area contributed by atoms with Gasteiger partial charge in [-0.15, -0.1) is 0 Å². The molecule has 72 valence electrons. The van der Waals surface area contributed by atoms with Gasteiger partial charge in [-0.05, 0) is 24.6 Å². The Morgan fingerprint density at radius 3 is 2.07 bits per heavy atom. The van der Waals surface area contributed by atoms with Gasteiger partial charge in [0.2, 0.25) is 0 Å². The van der Waals surface area contributed by atoms with Crippen LogP contribution in [0.3, 0.4) is 0 Å².